The Balaban J connectivity index is 1.26. The Morgan fingerprint density at radius 1 is 1.19 bits per heavy atom. The number of piperidine rings is 1. The minimum atomic E-state index is -0.598. The van der Waals surface area contributed by atoms with Gasteiger partial charge in [0.1, 0.15) is 5.41 Å². The van der Waals surface area contributed by atoms with Crippen molar-refractivity contribution in [2.75, 3.05) is 19.7 Å². The van der Waals surface area contributed by atoms with E-state index in [2.05, 4.69) is 28.0 Å². The van der Waals surface area contributed by atoms with E-state index in [1.165, 1.54) is 0 Å². The fourth-order valence-corrected chi connectivity index (χ4v) is 5.81. The van der Waals surface area contributed by atoms with Gasteiger partial charge in [-0.15, -0.1) is 0 Å². The Bertz CT molecular complexity index is 1340. The van der Waals surface area contributed by atoms with E-state index in [1.54, 1.807) is 29.2 Å². The molecular weight excluding hydrogens is 509 g/mol. The molecule has 0 radical (unpaired) electrons. The number of aromatic nitrogens is 3. The van der Waals surface area contributed by atoms with Crippen LogP contribution in [0.2, 0.25) is 10.0 Å². The topological polar surface area (TPSA) is 84.0 Å². The molecule has 3 aromatic rings. The number of nitrogens with zero attached hydrogens (tertiary/aromatic N) is 5. The van der Waals surface area contributed by atoms with Gasteiger partial charge >= 0.3 is 0 Å². The van der Waals surface area contributed by atoms with Gasteiger partial charge in [0.25, 0.3) is 0 Å². The fraction of sp³-hybridized carbons (Fsp3) is 0.429. The lowest BCUT2D eigenvalue weighted by Crippen LogP contribution is -2.48. The molecule has 0 bridgehead atoms. The second kappa shape index (κ2) is 10.5. The van der Waals surface area contributed by atoms with Crippen LogP contribution in [0.15, 0.2) is 42.7 Å². The van der Waals surface area contributed by atoms with Crippen LogP contribution in [-0.2, 0) is 16.6 Å². The predicted molar refractivity (Wildman–Crippen MR) is 143 cm³/mol. The smallest absolute Gasteiger partial charge is 0.170 e. The Morgan fingerprint density at radius 2 is 1.97 bits per heavy atom. The van der Waals surface area contributed by atoms with Crippen molar-refractivity contribution in [2.45, 2.75) is 57.1 Å². The maximum atomic E-state index is 13.1. The summed E-state index contributed by atoms with van der Waals surface area (Å²) in [6.45, 7) is 6.51. The molecule has 192 valence electrons. The number of likely N-dealkylation sites (tertiary alicyclic amines) is 1. The number of pyridine rings is 1. The molecule has 0 spiro atoms. The number of Topliss-reactive ketones (excluding diaryl/α,β-unsaturated/α-hetero) is 1. The minimum absolute atomic E-state index is 0.0467. The Morgan fingerprint density at radius 3 is 2.59 bits per heavy atom. The minimum Gasteiger partial charge on any atom is -0.377 e. The molecule has 37 heavy (non-hydrogen) atoms. The van der Waals surface area contributed by atoms with Crippen molar-refractivity contribution in [2.24, 2.45) is 0 Å². The highest BCUT2D eigenvalue weighted by molar-refractivity contribution is 6.42. The first-order chi connectivity index (χ1) is 17.8. The van der Waals surface area contributed by atoms with Gasteiger partial charge in [0, 0.05) is 38.4 Å². The number of hydrogen-bond acceptors (Lipinski definition) is 6. The number of ketones is 1. The fourth-order valence-electron chi connectivity index (χ4n) is 5.52. The first kappa shape index (κ1) is 25.9. The van der Waals surface area contributed by atoms with E-state index >= 15 is 0 Å². The summed E-state index contributed by atoms with van der Waals surface area (Å²) in [4.78, 5) is 20.2. The van der Waals surface area contributed by atoms with E-state index in [-0.39, 0.29) is 18.3 Å². The van der Waals surface area contributed by atoms with Crippen molar-refractivity contribution in [1.82, 2.24) is 19.7 Å². The van der Waals surface area contributed by atoms with Crippen molar-refractivity contribution in [3.8, 4) is 11.8 Å². The van der Waals surface area contributed by atoms with Gasteiger partial charge in [-0.1, -0.05) is 29.3 Å². The Labute approximate surface area is 227 Å². The third-order valence-corrected chi connectivity index (χ3v) is 8.55. The number of carbonyl (C=O) groups is 1. The number of nitriles is 1. The molecule has 9 heteroatoms. The van der Waals surface area contributed by atoms with Gasteiger partial charge < -0.3 is 4.74 Å². The van der Waals surface area contributed by atoms with Crippen LogP contribution in [0, 0.1) is 18.3 Å². The highest BCUT2D eigenvalue weighted by atomic mass is 35.5. The number of carbonyl (C=O) groups excluding carboxylic acids is 1. The second-order valence-corrected chi connectivity index (χ2v) is 10.8. The first-order valence-corrected chi connectivity index (χ1v) is 13.3. The molecule has 2 aliphatic heterocycles. The predicted octanol–water partition coefficient (Wildman–Crippen LogP) is 5.34. The van der Waals surface area contributed by atoms with E-state index in [0.717, 1.165) is 61.6 Å². The average Bonchev–Trinajstić information content (AvgIpc) is 3.51. The van der Waals surface area contributed by atoms with E-state index < -0.39 is 5.41 Å². The maximum absolute atomic E-state index is 13.1. The van der Waals surface area contributed by atoms with Crippen molar-refractivity contribution in [1.29, 1.82) is 5.26 Å². The highest BCUT2D eigenvalue weighted by Gasteiger charge is 2.41. The van der Waals surface area contributed by atoms with Gasteiger partial charge in [-0.2, -0.15) is 10.4 Å². The molecule has 5 rings (SSSR count). The van der Waals surface area contributed by atoms with Gasteiger partial charge in [0.15, 0.2) is 5.78 Å². The van der Waals surface area contributed by atoms with Crippen molar-refractivity contribution in [3.63, 3.8) is 0 Å². The van der Waals surface area contributed by atoms with Crippen LogP contribution in [0.5, 0.6) is 0 Å². The maximum Gasteiger partial charge on any atom is 0.170 e. The lowest BCUT2D eigenvalue weighted by molar-refractivity contribution is 0.0570. The molecular formula is C28H29Cl2N5O2. The number of benzene rings is 1. The van der Waals surface area contributed by atoms with Gasteiger partial charge in [-0.3, -0.25) is 14.7 Å². The van der Waals surface area contributed by atoms with Crippen LogP contribution in [0.3, 0.4) is 0 Å². The van der Waals surface area contributed by atoms with Gasteiger partial charge in [-0.05, 0) is 62.9 Å². The van der Waals surface area contributed by atoms with Crippen LogP contribution in [-0.4, -0.2) is 57.3 Å². The molecule has 2 atom stereocenters. The summed E-state index contributed by atoms with van der Waals surface area (Å²) in [6.07, 6.45) is 6.28. The molecule has 2 fully saturated rings. The summed E-state index contributed by atoms with van der Waals surface area (Å²) in [7, 11) is 0. The number of rotatable bonds is 6. The van der Waals surface area contributed by atoms with E-state index in [1.807, 2.05) is 25.1 Å². The van der Waals surface area contributed by atoms with Crippen LogP contribution in [0.4, 0.5) is 0 Å². The SMILES string of the molecule is Cc1c(C(=O)Cc2ccc(C3(C#N)CCN(C4CCOC4C)CC3)nc2)cnn1-c1ccc(Cl)c(Cl)c1. The molecule has 0 N–H and O–H groups in total. The highest BCUT2D eigenvalue weighted by Crippen LogP contribution is 2.36. The standard InChI is InChI=1S/C28H29Cl2N5O2/c1-18-22(16-33-35(18)21-4-5-23(29)24(30)14-21)26(36)13-20-3-6-27(32-15-20)28(17-31)8-10-34(11-9-28)25-7-12-37-19(25)2/h3-6,14-16,19,25H,7-13H2,1-2H3. The third kappa shape index (κ3) is 5.04. The van der Waals surface area contributed by atoms with Crippen molar-refractivity contribution < 1.29 is 9.53 Å². The lowest BCUT2D eigenvalue weighted by atomic mass is 9.76. The molecule has 2 aromatic heterocycles. The summed E-state index contributed by atoms with van der Waals surface area (Å²) < 4.78 is 7.42. The zero-order chi connectivity index (χ0) is 26.2. The van der Waals surface area contributed by atoms with E-state index in [4.69, 9.17) is 27.9 Å². The van der Waals surface area contributed by atoms with Crippen molar-refractivity contribution in [3.05, 3.63) is 75.3 Å². The van der Waals surface area contributed by atoms with Gasteiger partial charge in [0.05, 0.1) is 51.1 Å². The molecule has 2 saturated heterocycles. The van der Waals surface area contributed by atoms with Crippen LogP contribution in [0.1, 0.15) is 53.5 Å². The molecule has 2 unspecified atom stereocenters. The van der Waals surface area contributed by atoms with E-state index in [0.29, 0.717) is 21.7 Å². The molecule has 4 heterocycles. The Hall–Kier alpha value is -2.76. The third-order valence-electron chi connectivity index (χ3n) is 7.81. The van der Waals surface area contributed by atoms with Crippen LogP contribution in [0.25, 0.3) is 5.69 Å². The zero-order valence-electron chi connectivity index (χ0n) is 21.0. The normalized spacial score (nSPS) is 21.6. The Kier molecular flexibility index (Phi) is 7.37. The number of hydrogen-bond donors (Lipinski definition) is 0. The lowest BCUT2D eigenvalue weighted by Gasteiger charge is -2.40. The first-order valence-electron chi connectivity index (χ1n) is 12.6. The van der Waals surface area contributed by atoms with Crippen molar-refractivity contribution >= 4 is 29.0 Å². The molecule has 0 amide bonds. The summed E-state index contributed by atoms with van der Waals surface area (Å²) in [5.41, 5.74) is 2.99. The van der Waals surface area contributed by atoms with Crippen LogP contribution < -0.4 is 0 Å². The molecule has 0 saturated carbocycles. The zero-order valence-corrected chi connectivity index (χ0v) is 22.5. The average molecular weight is 538 g/mol. The van der Waals surface area contributed by atoms with Gasteiger partial charge in [0.2, 0.25) is 0 Å². The largest absolute Gasteiger partial charge is 0.377 e. The molecule has 2 aliphatic rings. The number of halogens is 2. The second-order valence-electron chi connectivity index (χ2n) is 9.97. The van der Waals surface area contributed by atoms with E-state index in [9.17, 15) is 10.1 Å². The summed E-state index contributed by atoms with van der Waals surface area (Å²) in [6, 6.07) is 12.1. The summed E-state index contributed by atoms with van der Waals surface area (Å²) in [5.74, 6) is -0.0467. The number of ether oxygens (including phenoxy) is 1. The molecule has 1 aromatic carbocycles. The molecule has 7 nitrogen and oxygen atoms in total. The summed E-state index contributed by atoms with van der Waals surface area (Å²) >= 11 is 12.2. The monoisotopic (exact) mass is 537 g/mol. The van der Waals surface area contributed by atoms with Crippen LogP contribution >= 0.6 is 23.2 Å². The van der Waals surface area contributed by atoms with Gasteiger partial charge in [-0.25, -0.2) is 4.68 Å². The summed E-state index contributed by atoms with van der Waals surface area (Å²) in [5, 5.41) is 15.4. The quantitative estimate of drug-likeness (QED) is 0.394. The molecule has 0 aliphatic carbocycles.